The standard InChI is InChI=1S/C23H21ClF3N5O3S/c1-3-9-32-19(12-20(33)28-16-6-4-5-14(10-16)23(25,26)27)30-31-22(32)36-13-21(34)29-17-11-15(24)7-8-18(17)35-2/h3-8,10-11H,1,9,12-13H2,2H3,(H,28,33)(H,29,34). The average Bonchev–Trinajstić information content (AvgIpc) is 3.18. The molecular formula is C23H21ClF3N5O3S. The highest BCUT2D eigenvalue weighted by atomic mass is 35.5. The Morgan fingerprint density at radius 3 is 2.64 bits per heavy atom. The number of nitrogens with one attached hydrogen (secondary N) is 2. The molecule has 13 heteroatoms. The van der Waals surface area contributed by atoms with Crippen molar-refractivity contribution in [3.63, 3.8) is 0 Å². The van der Waals surface area contributed by atoms with Gasteiger partial charge in [0.05, 0.1) is 30.5 Å². The topological polar surface area (TPSA) is 98.1 Å². The van der Waals surface area contributed by atoms with E-state index < -0.39 is 17.6 Å². The fourth-order valence-electron chi connectivity index (χ4n) is 3.09. The van der Waals surface area contributed by atoms with Gasteiger partial charge in [0.15, 0.2) is 5.16 Å². The van der Waals surface area contributed by atoms with Gasteiger partial charge in [-0.2, -0.15) is 13.2 Å². The first-order valence-corrected chi connectivity index (χ1v) is 11.7. The largest absolute Gasteiger partial charge is 0.495 e. The first-order chi connectivity index (χ1) is 17.1. The fraction of sp³-hybridized carbons (Fsp3) is 0.217. The van der Waals surface area contributed by atoms with Gasteiger partial charge < -0.3 is 19.9 Å². The van der Waals surface area contributed by atoms with Crippen LogP contribution in [0.1, 0.15) is 11.4 Å². The molecule has 0 aliphatic rings. The summed E-state index contributed by atoms with van der Waals surface area (Å²) in [6.07, 6.45) is -3.21. The maximum absolute atomic E-state index is 12.9. The number of aromatic nitrogens is 3. The second-order valence-corrected chi connectivity index (χ2v) is 8.66. The van der Waals surface area contributed by atoms with E-state index >= 15 is 0 Å². The lowest BCUT2D eigenvalue weighted by Gasteiger charge is -2.11. The van der Waals surface area contributed by atoms with Crippen LogP contribution in [0.4, 0.5) is 24.5 Å². The quantitative estimate of drug-likeness (QED) is 0.276. The number of carbonyl (C=O) groups is 2. The molecule has 8 nitrogen and oxygen atoms in total. The van der Waals surface area contributed by atoms with E-state index in [2.05, 4.69) is 27.4 Å². The number of rotatable bonds is 10. The smallest absolute Gasteiger partial charge is 0.416 e. The summed E-state index contributed by atoms with van der Waals surface area (Å²) >= 11 is 7.07. The number of allylic oxidation sites excluding steroid dienone is 1. The first-order valence-electron chi connectivity index (χ1n) is 10.4. The molecule has 0 saturated carbocycles. The minimum Gasteiger partial charge on any atom is -0.495 e. The molecule has 1 aromatic heterocycles. The van der Waals surface area contributed by atoms with Crippen LogP contribution in [0.5, 0.6) is 5.75 Å². The zero-order chi connectivity index (χ0) is 26.3. The van der Waals surface area contributed by atoms with E-state index in [0.717, 1.165) is 23.9 Å². The monoisotopic (exact) mass is 539 g/mol. The predicted octanol–water partition coefficient (Wildman–Crippen LogP) is 5.06. The summed E-state index contributed by atoms with van der Waals surface area (Å²) in [6, 6.07) is 9.15. The molecule has 1 heterocycles. The number of hydrogen-bond donors (Lipinski definition) is 2. The van der Waals surface area contributed by atoms with Crippen LogP contribution in [0.25, 0.3) is 0 Å². The number of thioether (sulfide) groups is 1. The fourth-order valence-corrected chi connectivity index (χ4v) is 4.02. The second kappa shape index (κ2) is 12.0. The molecule has 0 radical (unpaired) electrons. The summed E-state index contributed by atoms with van der Waals surface area (Å²) in [5.74, 6) is -0.242. The molecule has 0 atom stereocenters. The number of amides is 2. The summed E-state index contributed by atoms with van der Waals surface area (Å²) in [5, 5.41) is 14.0. The molecule has 2 aromatic carbocycles. The number of benzene rings is 2. The van der Waals surface area contributed by atoms with E-state index in [1.54, 1.807) is 28.8 Å². The van der Waals surface area contributed by atoms with Crippen molar-refractivity contribution in [1.29, 1.82) is 0 Å². The predicted molar refractivity (Wildman–Crippen MR) is 131 cm³/mol. The van der Waals surface area contributed by atoms with Crippen molar-refractivity contribution in [2.24, 2.45) is 0 Å². The number of methoxy groups -OCH3 is 1. The van der Waals surface area contributed by atoms with Crippen LogP contribution in [0.2, 0.25) is 5.02 Å². The van der Waals surface area contributed by atoms with Gasteiger partial charge in [-0.3, -0.25) is 9.59 Å². The van der Waals surface area contributed by atoms with Crippen molar-refractivity contribution in [2.45, 2.75) is 24.3 Å². The minimum atomic E-state index is -4.53. The van der Waals surface area contributed by atoms with Crippen LogP contribution in [0.15, 0.2) is 60.3 Å². The zero-order valence-electron chi connectivity index (χ0n) is 18.9. The average molecular weight is 540 g/mol. The van der Waals surface area contributed by atoms with Crippen LogP contribution < -0.4 is 15.4 Å². The van der Waals surface area contributed by atoms with Crippen LogP contribution in [-0.4, -0.2) is 39.4 Å². The molecule has 0 bridgehead atoms. The molecule has 0 aliphatic heterocycles. The molecule has 0 unspecified atom stereocenters. The van der Waals surface area contributed by atoms with Gasteiger partial charge in [0, 0.05) is 17.3 Å². The maximum Gasteiger partial charge on any atom is 0.416 e. The van der Waals surface area contributed by atoms with Gasteiger partial charge in [-0.05, 0) is 36.4 Å². The van der Waals surface area contributed by atoms with Gasteiger partial charge in [-0.25, -0.2) is 0 Å². The van der Waals surface area contributed by atoms with Gasteiger partial charge in [-0.1, -0.05) is 35.5 Å². The molecule has 0 aliphatic carbocycles. The Balaban J connectivity index is 1.65. The van der Waals surface area contributed by atoms with Gasteiger partial charge >= 0.3 is 6.18 Å². The Hall–Kier alpha value is -3.51. The number of halogens is 4. The molecule has 190 valence electrons. The van der Waals surface area contributed by atoms with Gasteiger partial charge in [-0.15, -0.1) is 16.8 Å². The first kappa shape index (κ1) is 27.1. The van der Waals surface area contributed by atoms with E-state index in [1.807, 2.05) is 0 Å². The number of carbonyl (C=O) groups excluding carboxylic acids is 2. The second-order valence-electron chi connectivity index (χ2n) is 7.28. The molecule has 2 N–H and O–H groups in total. The number of nitrogens with zero attached hydrogens (tertiary/aromatic N) is 3. The Kier molecular flexibility index (Phi) is 8.99. The van der Waals surface area contributed by atoms with Crippen molar-refractivity contribution in [1.82, 2.24) is 14.8 Å². The number of hydrogen-bond acceptors (Lipinski definition) is 6. The normalized spacial score (nSPS) is 11.1. The van der Waals surface area contributed by atoms with Crippen LogP contribution in [0.3, 0.4) is 0 Å². The SMILES string of the molecule is C=CCn1c(CC(=O)Nc2cccc(C(F)(F)F)c2)nnc1SCC(=O)Nc1cc(Cl)ccc1OC. The maximum atomic E-state index is 12.9. The highest BCUT2D eigenvalue weighted by molar-refractivity contribution is 7.99. The summed E-state index contributed by atoms with van der Waals surface area (Å²) < 4.78 is 45.5. The highest BCUT2D eigenvalue weighted by Crippen LogP contribution is 2.31. The van der Waals surface area contributed by atoms with Crippen LogP contribution in [-0.2, 0) is 28.7 Å². The molecular weight excluding hydrogens is 519 g/mol. The molecule has 0 spiro atoms. The molecule has 36 heavy (non-hydrogen) atoms. The summed E-state index contributed by atoms with van der Waals surface area (Å²) in [5.41, 5.74) is -0.454. The molecule has 2 amide bonds. The van der Waals surface area contributed by atoms with E-state index in [-0.39, 0.29) is 36.1 Å². The number of ether oxygens (including phenoxy) is 1. The Morgan fingerprint density at radius 1 is 1.17 bits per heavy atom. The Bertz CT molecular complexity index is 1270. The van der Waals surface area contributed by atoms with Gasteiger partial charge in [0.2, 0.25) is 11.8 Å². The third-order valence-electron chi connectivity index (χ3n) is 4.67. The highest BCUT2D eigenvalue weighted by Gasteiger charge is 2.30. The summed E-state index contributed by atoms with van der Waals surface area (Å²) in [7, 11) is 1.47. The van der Waals surface area contributed by atoms with Gasteiger partial charge in [0.25, 0.3) is 0 Å². The molecule has 3 rings (SSSR count). The van der Waals surface area contributed by atoms with E-state index in [9.17, 15) is 22.8 Å². The minimum absolute atomic E-state index is 0.00678. The zero-order valence-corrected chi connectivity index (χ0v) is 20.5. The molecule has 0 fully saturated rings. The van der Waals surface area contributed by atoms with E-state index in [4.69, 9.17) is 16.3 Å². The van der Waals surface area contributed by atoms with E-state index in [1.165, 1.54) is 19.2 Å². The lowest BCUT2D eigenvalue weighted by atomic mass is 10.2. The molecule has 0 saturated heterocycles. The van der Waals surface area contributed by atoms with Crippen molar-refractivity contribution in [3.05, 3.63) is 71.5 Å². The summed E-state index contributed by atoms with van der Waals surface area (Å²) in [6.45, 7) is 3.93. The number of anilines is 2. The van der Waals surface area contributed by atoms with Crippen LogP contribution >= 0.6 is 23.4 Å². The third-order valence-corrected chi connectivity index (χ3v) is 5.87. The van der Waals surface area contributed by atoms with Crippen LogP contribution in [0, 0.1) is 0 Å². The number of alkyl halides is 3. The lowest BCUT2D eigenvalue weighted by molar-refractivity contribution is -0.137. The van der Waals surface area contributed by atoms with Crippen molar-refractivity contribution in [2.75, 3.05) is 23.5 Å². The molecule has 3 aromatic rings. The lowest BCUT2D eigenvalue weighted by Crippen LogP contribution is -2.18. The van der Waals surface area contributed by atoms with Crippen molar-refractivity contribution >= 4 is 46.6 Å². The Morgan fingerprint density at radius 2 is 1.94 bits per heavy atom. The summed E-state index contributed by atoms with van der Waals surface area (Å²) in [4.78, 5) is 24.9. The van der Waals surface area contributed by atoms with Gasteiger partial charge in [0.1, 0.15) is 11.6 Å². The Labute approximate surface area is 213 Å². The van der Waals surface area contributed by atoms with E-state index in [0.29, 0.717) is 21.6 Å². The third kappa shape index (κ3) is 7.25. The van der Waals surface area contributed by atoms with Crippen molar-refractivity contribution in [3.8, 4) is 5.75 Å². The van der Waals surface area contributed by atoms with Crippen molar-refractivity contribution < 1.29 is 27.5 Å².